The Kier molecular flexibility index (Phi) is 2.41. The van der Waals surface area contributed by atoms with Crippen LogP contribution in [0.2, 0.25) is 0 Å². The van der Waals surface area contributed by atoms with E-state index in [4.69, 9.17) is 4.52 Å². The standard InChI is InChI=1S/C9H5BrN6O/c10-6-1-5(2-11-3-6)9-14-8(16-17-9)7-12-4-13-15-7/h1-4H,(H,12,13,15). The minimum atomic E-state index is 0.359. The Hall–Kier alpha value is -2.09. The second kappa shape index (κ2) is 4.06. The summed E-state index contributed by atoms with van der Waals surface area (Å²) in [7, 11) is 0. The first-order chi connectivity index (χ1) is 8.33. The van der Waals surface area contributed by atoms with Crippen LogP contribution in [0.5, 0.6) is 0 Å². The molecule has 0 radical (unpaired) electrons. The summed E-state index contributed by atoms with van der Waals surface area (Å²) in [6.07, 6.45) is 4.70. The molecule has 7 nitrogen and oxygen atoms in total. The van der Waals surface area contributed by atoms with Gasteiger partial charge in [0, 0.05) is 16.9 Å². The Labute approximate surface area is 103 Å². The summed E-state index contributed by atoms with van der Waals surface area (Å²) in [5, 5.41) is 10.2. The molecule has 17 heavy (non-hydrogen) atoms. The predicted octanol–water partition coefficient (Wildman–Crippen LogP) is 1.68. The van der Waals surface area contributed by atoms with Crippen molar-refractivity contribution in [1.29, 1.82) is 0 Å². The van der Waals surface area contributed by atoms with Crippen LogP contribution in [0.15, 0.2) is 33.8 Å². The molecule has 0 fully saturated rings. The molecule has 0 aliphatic heterocycles. The van der Waals surface area contributed by atoms with Gasteiger partial charge in [0.05, 0.1) is 5.56 Å². The van der Waals surface area contributed by atoms with Gasteiger partial charge < -0.3 is 4.52 Å². The van der Waals surface area contributed by atoms with Gasteiger partial charge in [-0.15, -0.1) is 0 Å². The zero-order valence-electron chi connectivity index (χ0n) is 8.33. The average molecular weight is 293 g/mol. The Morgan fingerprint density at radius 3 is 3.00 bits per heavy atom. The SMILES string of the molecule is Brc1cncc(-c2nc(-c3ncn[nH]3)no2)c1. The lowest BCUT2D eigenvalue weighted by atomic mass is 10.3. The molecule has 0 unspecified atom stereocenters. The summed E-state index contributed by atoms with van der Waals surface area (Å²) in [5.41, 5.74) is 0.734. The van der Waals surface area contributed by atoms with E-state index in [2.05, 4.69) is 46.2 Å². The summed E-state index contributed by atoms with van der Waals surface area (Å²) in [5.74, 6) is 1.20. The van der Waals surface area contributed by atoms with Crippen molar-refractivity contribution in [3.8, 4) is 23.1 Å². The van der Waals surface area contributed by atoms with Gasteiger partial charge in [0.25, 0.3) is 5.89 Å². The summed E-state index contributed by atoms with van der Waals surface area (Å²) >= 11 is 3.32. The van der Waals surface area contributed by atoms with Gasteiger partial charge >= 0.3 is 0 Å². The summed E-state index contributed by atoms with van der Waals surface area (Å²) in [6, 6.07) is 1.84. The molecule has 8 heteroatoms. The summed E-state index contributed by atoms with van der Waals surface area (Å²) < 4.78 is 5.96. The van der Waals surface area contributed by atoms with Crippen molar-refractivity contribution < 1.29 is 4.52 Å². The smallest absolute Gasteiger partial charge is 0.259 e. The maximum Gasteiger partial charge on any atom is 0.259 e. The van der Waals surface area contributed by atoms with Gasteiger partial charge in [0.1, 0.15) is 6.33 Å². The lowest BCUT2D eigenvalue weighted by Crippen LogP contribution is -1.84. The molecular formula is C9H5BrN6O. The lowest BCUT2D eigenvalue weighted by Gasteiger charge is -1.92. The Bertz CT molecular complexity index is 634. The normalized spacial score (nSPS) is 10.6. The molecule has 0 amide bonds. The number of nitrogens with one attached hydrogen (secondary N) is 1. The van der Waals surface area contributed by atoms with Gasteiger partial charge in [0.15, 0.2) is 5.82 Å². The van der Waals surface area contributed by atoms with E-state index in [0.29, 0.717) is 17.5 Å². The third-order valence-corrected chi connectivity index (χ3v) is 2.44. The number of hydrogen-bond donors (Lipinski definition) is 1. The predicted molar refractivity (Wildman–Crippen MR) is 60.6 cm³/mol. The van der Waals surface area contributed by atoms with Gasteiger partial charge in [-0.05, 0) is 22.0 Å². The van der Waals surface area contributed by atoms with Gasteiger partial charge in [0.2, 0.25) is 5.82 Å². The van der Waals surface area contributed by atoms with Crippen molar-refractivity contribution >= 4 is 15.9 Å². The summed E-state index contributed by atoms with van der Waals surface area (Å²) in [4.78, 5) is 12.1. The highest BCUT2D eigenvalue weighted by Gasteiger charge is 2.12. The molecule has 1 N–H and O–H groups in total. The molecule has 0 saturated heterocycles. The third kappa shape index (κ3) is 1.94. The average Bonchev–Trinajstić information content (AvgIpc) is 3.00. The fourth-order valence-corrected chi connectivity index (χ4v) is 1.64. The molecule has 0 atom stereocenters. The number of halogens is 1. The first kappa shape index (κ1) is 10.1. The maximum atomic E-state index is 5.12. The van der Waals surface area contributed by atoms with Gasteiger partial charge in [-0.1, -0.05) is 5.16 Å². The van der Waals surface area contributed by atoms with Crippen LogP contribution < -0.4 is 0 Å². The first-order valence-electron chi connectivity index (χ1n) is 4.63. The molecule has 0 spiro atoms. The number of nitrogens with zero attached hydrogens (tertiary/aromatic N) is 5. The number of rotatable bonds is 2. The maximum absolute atomic E-state index is 5.12. The van der Waals surface area contributed by atoms with Crippen LogP contribution in [0.4, 0.5) is 0 Å². The van der Waals surface area contributed by atoms with Crippen molar-refractivity contribution in [2.75, 3.05) is 0 Å². The van der Waals surface area contributed by atoms with E-state index in [1.165, 1.54) is 6.33 Å². The molecule has 0 aromatic carbocycles. The van der Waals surface area contributed by atoms with Crippen molar-refractivity contribution in [2.45, 2.75) is 0 Å². The van der Waals surface area contributed by atoms with Crippen molar-refractivity contribution in [1.82, 2.24) is 30.3 Å². The Morgan fingerprint density at radius 2 is 2.24 bits per heavy atom. The monoisotopic (exact) mass is 292 g/mol. The van der Waals surface area contributed by atoms with E-state index in [0.717, 1.165) is 10.0 Å². The van der Waals surface area contributed by atoms with Crippen LogP contribution in [0.25, 0.3) is 23.1 Å². The molecule has 3 aromatic rings. The lowest BCUT2D eigenvalue weighted by molar-refractivity contribution is 0.431. The number of aromatic nitrogens is 6. The molecule has 0 saturated carbocycles. The van der Waals surface area contributed by atoms with Crippen LogP contribution in [-0.2, 0) is 0 Å². The Morgan fingerprint density at radius 1 is 1.29 bits per heavy atom. The van der Waals surface area contributed by atoms with Crippen LogP contribution >= 0.6 is 15.9 Å². The first-order valence-corrected chi connectivity index (χ1v) is 5.42. The number of H-pyrrole nitrogens is 1. The second-order valence-corrected chi connectivity index (χ2v) is 4.06. The van der Waals surface area contributed by atoms with Crippen LogP contribution in [0.3, 0.4) is 0 Å². The zero-order valence-corrected chi connectivity index (χ0v) is 9.92. The van der Waals surface area contributed by atoms with Gasteiger partial charge in [-0.25, -0.2) is 4.98 Å². The zero-order chi connectivity index (χ0) is 11.7. The second-order valence-electron chi connectivity index (χ2n) is 3.15. The fourth-order valence-electron chi connectivity index (χ4n) is 1.28. The van der Waals surface area contributed by atoms with Crippen molar-refractivity contribution in [2.24, 2.45) is 0 Å². The van der Waals surface area contributed by atoms with Crippen molar-refractivity contribution in [3.05, 3.63) is 29.3 Å². The molecule has 84 valence electrons. The molecular weight excluding hydrogens is 288 g/mol. The molecule has 0 aliphatic carbocycles. The Balaban J connectivity index is 2.01. The van der Waals surface area contributed by atoms with E-state index in [-0.39, 0.29) is 0 Å². The minimum Gasteiger partial charge on any atom is -0.333 e. The van der Waals surface area contributed by atoms with Crippen molar-refractivity contribution in [3.63, 3.8) is 0 Å². The van der Waals surface area contributed by atoms with Crippen LogP contribution in [-0.4, -0.2) is 30.3 Å². The highest BCUT2D eigenvalue weighted by Crippen LogP contribution is 2.21. The molecule has 3 aromatic heterocycles. The minimum absolute atomic E-state index is 0.359. The molecule has 0 bridgehead atoms. The van der Waals surface area contributed by atoms with E-state index in [9.17, 15) is 0 Å². The quantitative estimate of drug-likeness (QED) is 0.772. The highest BCUT2D eigenvalue weighted by atomic mass is 79.9. The van der Waals surface area contributed by atoms with E-state index < -0.39 is 0 Å². The molecule has 3 heterocycles. The van der Waals surface area contributed by atoms with E-state index in [1.54, 1.807) is 12.4 Å². The molecule has 0 aliphatic rings. The van der Waals surface area contributed by atoms with Gasteiger partial charge in [-0.3, -0.25) is 10.1 Å². The number of hydrogen-bond acceptors (Lipinski definition) is 6. The van der Waals surface area contributed by atoms with Gasteiger partial charge in [-0.2, -0.15) is 10.1 Å². The highest BCUT2D eigenvalue weighted by molar-refractivity contribution is 9.10. The summed E-state index contributed by atoms with van der Waals surface area (Å²) in [6.45, 7) is 0. The van der Waals surface area contributed by atoms with E-state index in [1.807, 2.05) is 6.07 Å². The number of aromatic amines is 1. The van der Waals surface area contributed by atoms with E-state index >= 15 is 0 Å². The van der Waals surface area contributed by atoms with Crippen LogP contribution in [0.1, 0.15) is 0 Å². The third-order valence-electron chi connectivity index (χ3n) is 2.00. The number of pyridine rings is 1. The fraction of sp³-hybridized carbons (Fsp3) is 0. The largest absolute Gasteiger partial charge is 0.333 e. The topological polar surface area (TPSA) is 93.4 Å². The molecule has 3 rings (SSSR count). The van der Waals surface area contributed by atoms with Crippen LogP contribution in [0, 0.1) is 0 Å².